The Morgan fingerprint density at radius 2 is 2.04 bits per heavy atom. The predicted molar refractivity (Wildman–Crippen MR) is 81.6 cm³/mol. The first-order chi connectivity index (χ1) is 10.7. The second-order valence-electron chi connectivity index (χ2n) is 6.93. The number of benzene rings is 1. The molecular weight excluding hydrogens is 324 g/mol. The van der Waals surface area contributed by atoms with Crippen molar-refractivity contribution in [2.24, 2.45) is 5.41 Å². The quantitative estimate of drug-likeness (QED) is 0.861. The monoisotopic (exact) mass is 343 g/mol. The maximum Gasteiger partial charge on any atom is 0.220 e. The van der Waals surface area contributed by atoms with E-state index in [-0.39, 0.29) is 35.6 Å². The molecule has 2 atom stereocenters. The number of hydrogen-bond acceptors (Lipinski definition) is 3. The maximum absolute atomic E-state index is 13.7. The summed E-state index contributed by atoms with van der Waals surface area (Å²) in [5.41, 5.74) is -0.140. The molecule has 0 aromatic heterocycles. The summed E-state index contributed by atoms with van der Waals surface area (Å²) in [7, 11) is -3.11. The Hall–Kier alpha value is -1.50. The van der Waals surface area contributed by atoms with Crippen molar-refractivity contribution in [2.75, 3.05) is 12.0 Å². The van der Waals surface area contributed by atoms with E-state index in [0.717, 1.165) is 31.0 Å². The van der Waals surface area contributed by atoms with Crippen LogP contribution in [0.3, 0.4) is 0 Å². The van der Waals surface area contributed by atoms with Crippen LogP contribution in [0.2, 0.25) is 0 Å². The van der Waals surface area contributed by atoms with Gasteiger partial charge in [0.15, 0.2) is 0 Å². The first kappa shape index (κ1) is 16.4. The normalized spacial score (nSPS) is 25.0. The highest BCUT2D eigenvalue weighted by Crippen LogP contribution is 2.50. The number of carbonyl (C=O) groups is 1. The Balaban J connectivity index is 1.56. The van der Waals surface area contributed by atoms with Crippen LogP contribution in [0.15, 0.2) is 18.2 Å². The van der Waals surface area contributed by atoms with E-state index in [9.17, 15) is 22.0 Å². The molecule has 7 heteroatoms. The Labute approximate surface area is 134 Å². The second kappa shape index (κ2) is 5.54. The minimum Gasteiger partial charge on any atom is -0.353 e. The molecule has 0 unspecified atom stereocenters. The van der Waals surface area contributed by atoms with E-state index in [1.54, 1.807) is 0 Å². The van der Waals surface area contributed by atoms with E-state index in [4.69, 9.17) is 0 Å². The predicted octanol–water partition coefficient (Wildman–Crippen LogP) is 2.15. The van der Waals surface area contributed by atoms with Crippen LogP contribution in [0.25, 0.3) is 0 Å². The lowest BCUT2D eigenvalue weighted by Gasteiger charge is -2.13. The fourth-order valence-corrected chi connectivity index (χ4v) is 4.70. The Bertz CT molecular complexity index is 744. The molecule has 1 amide bonds. The number of nitrogens with one attached hydrogen (secondary N) is 1. The van der Waals surface area contributed by atoms with Crippen LogP contribution in [-0.2, 0) is 14.6 Å². The fraction of sp³-hybridized carbons (Fsp3) is 0.562. The van der Waals surface area contributed by atoms with E-state index in [1.807, 2.05) is 0 Å². The highest BCUT2D eigenvalue weighted by atomic mass is 32.2. The Morgan fingerprint density at radius 1 is 1.35 bits per heavy atom. The average Bonchev–Trinajstić information content (AvgIpc) is 3.30. The molecule has 3 rings (SSSR count). The molecule has 0 aliphatic heterocycles. The summed E-state index contributed by atoms with van der Waals surface area (Å²) >= 11 is 0. The fourth-order valence-electron chi connectivity index (χ4n) is 3.20. The number of hydrogen-bond donors (Lipinski definition) is 1. The van der Waals surface area contributed by atoms with Crippen molar-refractivity contribution in [1.82, 2.24) is 5.32 Å². The van der Waals surface area contributed by atoms with Gasteiger partial charge in [-0.25, -0.2) is 17.2 Å². The summed E-state index contributed by atoms with van der Waals surface area (Å²) in [6.45, 7) is 0. The highest BCUT2D eigenvalue weighted by molar-refractivity contribution is 7.90. The number of carbonyl (C=O) groups excluding carboxylic acids is 1. The van der Waals surface area contributed by atoms with E-state index < -0.39 is 26.9 Å². The minimum atomic E-state index is -3.11. The van der Waals surface area contributed by atoms with Crippen molar-refractivity contribution >= 4 is 15.7 Å². The van der Waals surface area contributed by atoms with E-state index in [1.165, 1.54) is 6.26 Å². The topological polar surface area (TPSA) is 63.2 Å². The van der Waals surface area contributed by atoms with Gasteiger partial charge in [-0.2, -0.15) is 0 Å². The van der Waals surface area contributed by atoms with Crippen LogP contribution >= 0.6 is 0 Å². The molecule has 23 heavy (non-hydrogen) atoms. The molecule has 1 N–H and O–H groups in total. The molecule has 126 valence electrons. The lowest BCUT2D eigenvalue weighted by atomic mass is 10.0. The van der Waals surface area contributed by atoms with Gasteiger partial charge in [0.05, 0.1) is 5.75 Å². The molecule has 0 radical (unpaired) electrons. The number of halogens is 2. The molecule has 2 aliphatic carbocycles. The number of sulfone groups is 1. The van der Waals surface area contributed by atoms with Gasteiger partial charge < -0.3 is 5.32 Å². The standard InChI is InChI=1S/C16H19F2NO3S/c1-23(21,22)9-16(4-5-16)8-15(20)19-14-7-12(14)11-6-10(17)2-3-13(11)18/h2-3,6,12,14H,4-5,7-9H2,1H3,(H,19,20)/t12-,14-/m0/s1. The first-order valence-electron chi connectivity index (χ1n) is 7.60. The minimum absolute atomic E-state index is 0.0278. The van der Waals surface area contributed by atoms with Crippen LogP contribution in [0.5, 0.6) is 0 Å². The van der Waals surface area contributed by atoms with Crippen LogP contribution in [0.4, 0.5) is 8.78 Å². The van der Waals surface area contributed by atoms with Crippen LogP contribution in [-0.4, -0.2) is 32.4 Å². The van der Waals surface area contributed by atoms with E-state index in [2.05, 4.69) is 5.32 Å². The Morgan fingerprint density at radius 3 is 2.65 bits per heavy atom. The van der Waals surface area contributed by atoms with Gasteiger partial charge in [-0.15, -0.1) is 0 Å². The van der Waals surface area contributed by atoms with Crippen molar-refractivity contribution in [1.29, 1.82) is 0 Å². The van der Waals surface area contributed by atoms with Gasteiger partial charge in [0.2, 0.25) is 5.91 Å². The first-order valence-corrected chi connectivity index (χ1v) is 9.66. The molecule has 0 spiro atoms. The van der Waals surface area contributed by atoms with Gasteiger partial charge in [-0.1, -0.05) is 0 Å². The van der Waals surface area contributed by atoms with Crippen molar-refractivity contribution in [3.05, 3.63) is 35.4 Å². The smallest absolute Gasteiger partial charge is 0.220 e. The molecule has 2 fully saturated rings. The van der Waals surface area contributed by atoms with Crippen LogP contribution in [0.1, 0.15) is 37.2 Å². The van der Waals surface area contributed by atoms with E-state index in [0.29, 0.717) is 6.42 Å². The lowest BCUT2D eigenvalue weighted by Crippen LogP contribution is -2.31. The van der Waals surface area contributed by atoms with Gasteiger partial charge in [0.25, 0.3) is 0 Å². The largest absolute Gasteiger partial charge is 0.353 e. The summed E-state index contributed by atoms with van der Waals surface area (Å²) < 4.78 is 49.7. The van der Waals surface area contributed by atoms with Gasteiger partial charge in [0.1, 0.15) is 21.5 Å². The van der Waals surface area contributed by atoms with Crippen molar-refractivity contribution < 1.29 is 22.0 Å². The van der Waals surface area contributed by atoms with Crippen LogP contribution in [0, 0.1) is 17.0 Å². The zero-order chi connectivity index (χ0) is 16.8. The SMILES string of the molecule is CS(=O)(=O)CC1(CC(=O)N[C@H]2C[C@H]2c2cc(F)ccc2F)CC1. The second-order valence-corrected chi connectivity index (χ2v) is 9.07. The molecule has 2 saturated carbocycles. The third-order valence-corrected chi connectivity index (χ3v) is 5.69. The zero-order valence-electron chi connectivity index (χ0n) is 12.8. The highest BCUT2D eigenvalue weighted by Gasteiger charge is 2.48. The van der Waals surface area contributed by atoms with Crippen molar-refractivity contribution in [3.8, 4) is 0 Å². The third kappa shape index (κ3) is 4.07. The molecular formula is C16H19F2NO3S. The van der Waals surface area contributed by atoms with Gasteiger partial charge in [-0.05, 0) is 48.4 Å². The van der Waals surface area contributed by atoms with Gasteiger partial charge in [-0.3, -0.25) is 4.79 Å². The Kier molecular flexibility index (Phi) is 3.94. The molecule has 0 bridgehead atoms. The zero-order valence-corrected chi connectivity index (χ0v) is 13.6. The summed E-state index contributed by atoms with van der Waals surface area (Å²) in [5, 5.41) is 2.81. The summed E-state index contributed by atoms with van der Waals surface area (Å²) in [5.74, 6) is -1.36. The summed E-state index contributed by atoms with van der Waals surface area (Å²) in [6, 6.07) is 3.12. The molecule has 1 aromatic rings. The summed E-state index contributed by atoms with van der Waals surface area (Å²) in [6.07, 6.45) is 3.40. The molecule has 2 aliphatic rings. The van der Waals surface area contributed by atoms with Gasteiger partial charge in [0, 0.05) is 24.6 Å². The number of amides is 1. The molecule has 0 heterocycles. The molecule has 1 aromatic carbocycles. The number of rotatable bonds is 6. The average molecular weight is 343 g/mol. The third-order valence-electron chi connectivity index (χ3n) is 4.56. The molecule has 4 nitrogen and oxygen atoms in total. The van der Waals surface area contributed by atoms with E-state index >= 15 is 0 Å². The lowest BCUT2D eigenvalue weighted by molar-refractivity contribution is -0.122. The van der Waals surface area contributed by atoms with Crippen LogP contribution < -0.4 is 5.32 Å². The van der Waals surface area contributed by atoms with Crippen molar-refractivity contribution in [2.45, 2.75) is 37.6 Å². The maximum atomic E-state index is 13.7. The summed E-state index contributed by atoms with van der Waals surface area (Å²) in [4.78, 5) is 12.1. The molecule has 0 saturated heterocycles. The van der Waals surface area contributed by atoms with Crippen molar-refractivity contribution in [3.63, 3.8) is 0 Å². The van der Waals surface area contributed by atoms with Gasteiger partial charge >= 0.3 is 0 Å².